The van der Waals surface area contributed by atoms with Crippen molar-refractivity contribution in [2.24, 2.45) is 0 Å². The molecule has 2 aliphatic rings. The largest absolute Gasteiger partial charge is 0.113 e. The molecular formula is C29H17BS. The summed E-state index contributed by atoms with van der Waals surface area (Å²) < 4.78 is 0. The van der Waals surface area contributed by atoms with Crippen LogP contribution in [0.4, 0.5) is 0 Å². The van der Waals surface area contributed by atoms with Crippen LogP contribution in [-0.4, -0.2) is 7.85 Å². The summed E-state index contributed by atoms with van der Waals surface area (Å²) in [5.41, 5.74) is 8.55. The van der Waals surface area contributed by atoms with Crippen LogP contribution in [0.25, 0.3) is 21.9 Å². The lowest BCUT2D eigenvalue weighted by Gasteiger charge is -2.40. The predicted molar refractivity (Wildman–Crippen MR) is 131 cm³/mol. The molecule has 0 fully saturated rings. The third kappa shape index (κ3) is 2.18. The van der Waals surface area contributed by atoms with Crippen molar-refractivity contribution >= 4 is 35.8 Å². The van der Waals surface area contributed by atoms with Crippen molar-refractivity contribution in [3.05, 3.63) is 125 Å². The minimum absolute atomic E-state index is 0.333. The molecule has 7 rings (SSSR count). The number of hydrogen-bond acceptors (Lipinski definition) is 1. The first kappa shape index (κ1) is 17.5. The Bertz CT molecular complexity index is 1530. The van der Waals surface area contributed by atoms with Crippen LogP contribution in [0, 0.1) is 0 Å². The molecule has 0 nitrogen and oxygen atoms in total. The van der Waals surface area contributed by atoms with Gasteiger partial charge in [0.15, 0.2) is 0 Å². The summed E-state index contributed by atoms with van der Waals surface area (Å²) in [5.74, 6) is 0. The lowest BCUT2D eigenvalue weighted by Crippen LogP contribution is -2.32. The van der Waals surface area contributed by atoms with E-state index in [9.17, 15) is 0 Å². The third-order valence-electron chi connectivity index (χ3n) is 6.83. The first-order valence-corrected chi connectivity index (χ1v) is 11.4. The van der Waals surface area contributed by atoms with E-state index in [0.717, 1.165) is 5.46 Å². The number of rotatable bonds is 0. The molecule has 2 heteroatoms. The molecule has 1 atom stereocenters. The van der Waals surface area contributed by atoms with Gasteiger partial charge in [-0.3, -0.25) is 0 Å². The van der Waals surface area contributed by atoms with Crippen LogP contribution in [0.3, 0.4) is 0 Å². The van der Waals surface area contributed by atoms with Gasteiger partial charge >= 0.3 is 0 Å². The zero-order valence-corrected chi connectivity index (χ0v) is 17.6. The Kier molecular flexibility index (Phi) is 3.46. The fourth-order valence-corrected chi connectivity index (χ4v) is 6.85. The Morgan fingerprint density at radius 2 is 1.19 bits per heavy atom. The van der Waals surface area contributed by atoms with Crippen LogP contribution in [0.2, 0.25) is 0 Å². The maximum absolute atomic E-state index is 6.24. The van der Waals surface area contributed by atoms with Crippen LogP contribution in [0.5, 0.6) is 0 Å². The van der Waals surface area contributed by atoms with Crippen LogP contribution < -0.4 is 5.46 Å². The maximum atomic E-state index is 6.24. The monoisotopic (exact) mass is 408 g/mol. The van der Waals surface area contributed by atoms with Gasteiger partial charge in [-0.2, -0.15) is 0 Å². The fourth-order valence-electron chi connectivity index (χ4n) is 5.61. The molecular weight excluding hydrogens is 391 g/mol. The molecule has 0 saturated heterocycles. The molecule has 0 saturated carbocycles. The van der Waals surface area contributed by atoms with E-state index in [1.807, 2.05) is 11.8 Å². The topological polar surface area (TPSA) is 0 Å². The second kappa shape index (κ2) is 6.15. The van der Waals surface area contributed by atoms with E-state index in [-0.39, 0.29) is 5.41 Å². The Morgan fingerprint density at radius 3 is 2.06 bits per heavy atom. The average Bonchev–Trinajstić information content (AvgIpc) is 3.08. The van der Waals surface area contributed by atoms with Gasteiger partial charge in [0.05, 0.1) is 5.41 Å². The maximum Gasteiger partial charge on any atom is 0.113 e. The van der Waals surface area contributed by atoms with E-state index in [4.69, 9.17) is 7.85 Å². The Hall–Kier alpha value is -3.23. The molecule has 1 aliphatic carbocycles. The van der Waals surface area contributed by atoms with E-state index in [1.165, 1.54) is 53.9 Å². The highest BCUT2D eigenvalue weighted by Crippen LogP contribution is 2.62. The van der Waals surface area contributed by atoms with Gasteiger partial charge in [0, 0.05) is 9.79 Å². The highest BCUT2D eigenvalue weighted by atomic mass is 32.2. The van der Waals surface area contributed by atoms with Crippen molar-refractivity contribution in [1.82, 2.24) is 0 Å². The van der Waals surface area contributed by atoms with Gasteiger partial charge in [0.2, 0.25) is 0 Å². The summed E-state index contributed by atoms with van der Waals surface area (Å²) in [5, 5.41) is 2.56. The average molecular weight is 408 g/mol. The van der Waals surface area contributed by atoms with E-state index in [0.29, 0.717) is 0 Å². The summed E-state index contributed by atoms with van der Waals surface area (Å²) in [6.07, 6.45) is 0. The Morgan fingerprint density at radius 1 is 0.516 bits per heavy atom. The molecule has 1 aliphatic heterocycles. The van der Waals surface area contributed by atoms with Crippen molar-refractivity contribution in [1.29, 1.82) is 0 Å². The summed E-state index contributed by atoms with van der Waals surface area (Å²) >= 11 is 1.83. The predicted octanol–water partition coefficient (Wildman–Crippen LogP) is 6.46. The smallest absolute Gasteiger partial charge is 0.0955 e. The standard InChI is InChI=1S/C29H17BS/c30-20-13-14-25-28(17-20)31-27-12-6-5-11-24(27)29(25)23-10-4-3-9-21(23)22-15-18-7-1-2-8-19(18)16-26(22)29/h1-17H. The highest BCUT2D eigenvalue weighted by Gasteiger charge is 2.50. The van der Waals surface area contributed by atoms with Crippen molar-refractivity contribution in [2.75, 3.05) is 0 Å². The summed E-state index contributed by atoms with van der Waals surface area (Å²) in [7, 11) is 6.24. The molecule has 2 radical (unpaired) electrons. The van der Waals surface area contributed by atoms with Gasteiger partial charge in [-0.05, 0) is 62.4 Å². The van der Waals surface area contributed by atoms with Gasteiger partial charge in [0.1, 0.15) is 7.85 Å². The molecule has 1 spiro atoms. The van der Waals surface area contributed by atoms with Crippen LogP contribution >= 0.6 is 11.8 Å². The molecule has 0 bridgehead atoms. The molecule has 142 valence electrons. The third-order valence-corrected chi connectivity index (χ3v) is 7.97. The molecule has 31 heavy (non-hydrogen) atoms. The minimum Gasteiger partial charge on any atom is -0.0955 e. The Balaban J connectivity index is 1.72. The molecule has 1 heterocycles. The second-order valence-corrected chi connectivity index (χ2v) is 9.48. The lowest BCUT2D eigenvalue weighted by molar-refractivity contribution is 0.724. The second-order valence-electron chi connectivity index (χ2n) is 8.39. The van der Waals surface area contributed by atoms with Crippen molar-refractivity contribution in [3.8, 4) is 11.1 Å². The Labute approximate surface area is 187 Å². The van der Waals surface area contributed by atoms with E-state index >= 15 is 0 Å². The van der Waals surface area contributed by atoms with Gasteiger partial charge in [-0.1, -0.05) is 102 Å². The minimum atomic E-state index is -0.333. The first-order valence-electron chi connectivity index (χ1n) is 10.6. The zero-order valence-electron chi connectivity index (χ0n) is 16.8. The number of hydrogen-bond donors (Lipinski definition) is 0. The lowest BCUT2D eigenvalue weighted by atomic mass is 9.67. The van der Waals surface area contributed by atoms with E-state index < -0.39 is 0 Å². The first-order chi connectivity index (χ1) is 15.3. The summed E-state index contributed by atoms with van der Waals surface area (Å²) in [6, 6.07) is 37.7. The SMILES string of the molecule is [B]c1ccc2c(c1)Sc1ccccc1C21c2ccccc2-c2cc3ccccc3cc21. The van der Waals surface area contributed by atoms with Gasteiger partial charge in [-0.25, -0.2) is 0 Å². The fraction of sp³-hybridized carbons (Fsp3) is 0.0345. The molecule has 0 N–H and O–H groups in total. The molecule has 5 aromatic rings. The van der Waals surface area contributed by atoms with Crippen molar-refractivity contribution < 1.29 is 0 Å². The molecule has 1 unspecified atom stereocenters. The quantitative estimate of drug-likeness (QED) is 0.260. The number of benzene rings is 5. The van der Waals surface area contributed by atoms with E-state index in [2.05, 4.69) is 103 Å². The molecule has 0 amide bonds. The molecule has 0 aromatic heterocycles. The normalized spacial score (nSPS) is 17.8. The van der Waals surface area contributed by atoms with Crippen LogP contribution in [0.15, 0.2) is 113 Å². The van der Waals surface area contributed by atoms with Crippen LogP contribution in [-0.2, 0) is 5.41 Å². The van der Waals surface area contributed by atoms with E-state index in [1.54, 1.807) is 0 Å². The highest BCUT2D eigenvalue weighted by molar-refractivity contribution is 7.99. The number of fused-ring (bicyclic) bond motifs is 10. The van der Waals surface area contributed by atoms with Crippen molar-refractivity contribution in [2.45, 2.75) is 15.2 Å². The van der Waals surface area contributed by atoms with Gasteiger partial charge in [-0.15, -0.1) is 0 Å². The van der Waals surface area contributed by atoms with Crippen LogP contribution in [0.1, 0.15) is 22.3 Å². The summed E-state index contributed by atoms with van der Waals surface area (Å²) in [4.78, 5) is 2.55. The van der Waals surface area contributed by atoms with Crippen molar-refractivity contribution in [3.63, 3.8) is 0 Å². The molecule has 5 aromatic carbocycles. The van der Waals surface area contributed by atoms with Gasteiger partial charge < -0.3 is 0 Å². The van der Waals surface area contributed by atoms with Gasteiger partial charge in [0.25, 0.3) is 0 Å². The summed E-state index contributed by atoms with van der Waals surface area (Å²) in [6.45, 7) is 0. The zero-order chi connectivity index (χ0) is 20.6.